The molecule has 0 aliphatic carbocycles. The molecule has 0 saturated carbocycles. The molecule has 0 radical (unpaired) electrons. The predicted molar refractivity (Wildman–Crippen MR) is 148 cm³/mol. The van der Waals surface area contributed by atoms with Gasteiger partial charge in [0.25, 0.3) is 0 Å². The van der Waals surface area contributed by atoms with Gasteiger partial charge in [-0.05, 0) is 85.3 Å². The number of halogens is 3. The molecule has 0 bridgehead atoms. The Bertz CT molecular complexity index is 1070. The minimum Gasteiger partial charge on any atom is -0.466 e. The van der Waals surface area contributed by atoms with Crippen molar-refractivity contribution >= 4 is 5.97 Å². The van der Waals surface area contributed by atoms with Crippen molar-refractivity contribution in [2.45, 2.75) is 71.9 Å². The molecule has 0 amide bonds. The van der Waals surface area contributed by atoms with E-state index in [1.54, 1.807) is 19.1 Å². The van der Waals surface area contributed by atoms with E-state index in [2.05, 4.69) is 30.9 Å². The largest absolute Gasteiger partial charge is 0.466 e. The third kappa shape index (κ3) is 7.95. The summed E-state index contributed by atoms with van der Waals surface area (Å²) in [5.41, 5.74) is 1.26. The van der Waals surface area contributed by atoms with Crippen LogP contribution in [0, 0.1) is 11.8 Å². The van der Waals surface area contributed by atoms with Crippen LogP contribution in [0.4, 0.5) is 13.2 Å². The van der Waals surface area contributed by atoms with Crippen molar-refractivity contribution in [1.82, 2.24) is 4.90 Å². The highest BCUT2D eigenvalue weighted by molar-refractivity contribution is 5.80. The number of nitrogens with zero attached hydrogens (tertiary/aromatic N) is 1. The maximum atomic E-state index is 14.9. The number of esters is 1. The fraction of sp³-hybridized carbons (Fsp3) is 0.531. The lowest BCUT2D eigenvalue weighted by atomic mass is 9.78. The summed E-state index contributed by atoms with van der Waals surface area (Å²) >= 11 is 0. The van der Waals surface area contributed by atoms with E-state index >= 15 is 0 Å². The number of alkyl halides is 3. The summed E-state index contributed by atoms with van der Waals surface area (Å²) in [6, 6.07) is 12.8. The lowest BCUT2D eigenvalue weighted by molar-refractivity contribution is -0.146. The molecule has 3 nitrogen and oxygen atoms in total. The molecule has 0 N–H and O–H groups in total. The number of piperidine rings is 1. The van der Waals surface area contributed by atoms with E-state index in [-0.39, 0.29) is 24.0 Å². The fourth-order valence-electron chi connectivity index (χ4n) is 5.38. The van der Waals surface area contributed by atoms with Gasteiger partial charge in [-0.25, -0.2) is 0 Å². The first-order chi connectivity index (χ1) is 18.0. The van der Waals surface area contributed by atoms with E-state index in [0.29, 0.717) is 36.3 Å². The van der Waals surface area contributed by atoms with E-state index in [0.717, 1.165) is 25.2 Å². The van der Waals surface area contributed by atoms with E-state index in [9.17, 15) is 18.0 Å². The molecule has 0 aromatic heterocycles. The normalized spacial score (nSPS) is 16.5. The number of carbonyl (C=O) groups is 1. The van der Waals surface area contributed by atoms with Gasteiger partial charge in [0, 0.05) is 6.54 Å². The zero-order valence-corrected chi connectivity index (χ0v) is 23.4. The first kappa shape index (κ1) is 29.9. The number of ether oxygens (including phenoxy) is 1. The van der Waals surface area contributed by atoms with Gasteiger partial charge in [0.15, 0.2) is 0 Å². The molecule has 1 heterocycles. The first-order valence-corrected chi connectivity index (χ1v) is 13.9. The van der Waals surface area contributed by atoms with Gasteiger partial charge in [0.05, 0.1) is 18.1 Å². The second-order valence-electron chi connectivity index (χ2n) is 11.1. The molecule has 6 heteroatoms. The quantitative estimate of drug-likeness (QED) is 0.228. The van der Waals surface area contributed by atoms with E-state index < -0.39 is 23.6 Å². The summed E-state index contributed by atoms with van der Waals surface area (Å²) < 4.78 is 50.0. The Balaban J connectivity index is 2.12. The molecular formula is C32H42F3NO2. The van der Waals surface area contributed by atoms with Gasteiger partial charge < -0.3 is 4.74 Å². The summed E-state index contributed by atoms with van der Waals surface area (Å²) in [6.07, 6.45) is 1.30. The number of carbonyl (C=O) groups excluding carboxylic acids is 1. The number of hydrogen-bond acceptors (Lipinski definition) is 3. The second-order valence-corrected chi connectivity index (χ2v) is 11.1. The van der Waals surface area contributed by atoms with Gasteiger partial charge in [-0.2, -0.15) is 13.2 Å². The lowest BCUT2D eigenvalue weighted by Crippen LogP contribution is -2.34. The Kier molecular flexibility index (Phi) is 10.6. The molecule has 38 heavy (non-hydrogen) atoms. The van der Waals surface area contributed by atoms with Crippen LogP contribution in [-0.2, 0) is 15.7 Å². The van der Waals surface area contributed by atoms with E-state index in [1.165, 1.54) is 0 Å². The summed E-state index contributed by atoms with van der Waals surface area (Å²) in [5, 5.41) is 0. The van der Waals surface area contributed by atoms with Gasteiger partial charge >= 0.3 is 12.1 Å². The number of benzene rings is 2. The van der Waals surface area contributed by atoms with Gasteiger partial charge in [0.2, 0.25) is 0 Å². The van der Waals surface area contributed by atoms with E-state index in [1.807, 2.05) is 44.2 Å². The molecule has 208 valence electrons. The van der Waals surface area contributed by atoms with Crippen LogP contribution in [0.3, 0.4) is 0 Å². The van der Waals surface area contributed by atoms with Crippen LogP contribution in [0.25, 0.3) is 11.1 Å². The standard InChI is InChI=1S/C32H42F3NO2/c1-6-38-31(37)29(19-23(4)5)28-21-26(24-12-8-7-9-13-24)20-27(30(28)32(33,34)35)25-14-17-36(18-15-25)16-10-11-22(2)3/h7-13,20-23,25,29H,6,14-19H2,1-5H3. The Labute approximate surface area is 226 Å². The first-order valence-electron chi connectivity index (χ1n) is 13.9. The molecular weight excluding hydrogens is 487 g/mol. The molecule has 1 aliphatic heterocycles. The highest BCUT2D eigenvalue weighted by Gasteiger charge is 2.42. The van der Waals surface area contributed by atoms with Crippen LogP contribution < -0.4 is 0 Å². The molecule has 3 rings (SSSR count). The van der Waals surface area contributed by atoms with Crippen LogP contribution >= 0.6 is 0 Å². The van der Waals surface area contributed by atoms with Crippen molar-refractivity contribution < 1.29 is 22.7 Å². The Hall–Kier alpha value is -2.60. The minimum atomic E-state index is -4.58. The minimum absolute atomic E-state index is 0.0245. The van der Waals surface area contributed by atoms with Crippen molar-refractivity contribution in [3.8, 4) is 11.1 Å². The van der Waals surface area contributed by atoms with Crippen LogP contribution in [0.1, 0.15) is 82.4 Å². The number of allylic oxidation sites excluding steroid dienone is 1. The predicted octanol–water partition coefficient (Wildman–Crippen LogP) is 8.46. The number of likely N-dealkylation sites (tertiary alicyclic amines) is 1. The third-order valence-electron chi connectivity index (χ3n) is 7.16. The average molecular weight is 530 g/mol. The lowest BCUT2D eigenvalue weighted by Gasteiger charge is -2.34. The Morgan fingerprint density at radius 2 is 1.71 bits per heavy atom. The second kappa shape index (κ2) is 13.5. The third-order valence-corrected chi connectivity index (χ3v) is 7.16. The monoisotopic (exact) mass is 529 g/mol. The van der Waals surface area contributed by atoms with Crippen LogP contribution in [-0.4, -0.2) is 37.1 Å². The maximum Gasteiger partial charge on any atom is 0.416 e. The Morgan fingerprint density at radius 3 is 2.26 bits per heavy atom. The smallest absolute Gasteiger partial charge is 0.416 e. The SMILES string of the molecule is CCOC(=O)C(CC(C)C)c1cc(-c2ccccc2)cc(C2CCN(CC=CC(C)C)CC2)c1C(F)(F)F. The van der Waals surface area contributed by atoms with Crippen LogP contribution in [0.5, 0.6) is 0 Å². The van der Waals surface area contributed by atoms with Gasteiger partial charge in [0.1, 0.15) is 0 Å². The van der Waals surface area contributed by atoms with Gasteiger partial charge in [-0.3, -0.25) is 9.69 Å². The number of hydrogen-bond donors (Lipinski definition) is 0. The van der Waals surface area contributed by atoms with Crippen molar-refractivity contribution in [3.05, 3.63) is 71.3 Å². The number of rotatable bonds is 10. The van der Waals surface area contributed by atoms with Crippen molar-refractivity contribution in [3.63, 3.8) is 0 Å². The van der Waals surface area contributed by atoms with Crippen molar-refractivity contribution in [2.24, 2.45) is 11.8 Å². The highest BCUT2D eigenvalue weighted by Crippen LogP contribution is 2.46. The highest BCUT2D eigenvalue weighted by atomic mass is 19.4. The van der Waals surface area contributed by atoms with Crippen molar-refractivity contribution in [2.75, 3.05) is 26.2 Å². The molecule has 1 saturated heterocycles. The molecule has 1 unspecified atom stereocenters. The van der Waals surface area contributed by atoms with E-state index in [4.69, 9.17) is 4.74 Å². The maximum absolute atomic E-state index is 14.9. The summed E-state index contributed by atoms with van der Waals surface area (Å²) in [6.45, 7) is 12.2. The van der Waals surface area contributed by atoms with Crippen LogP contribution in [0.2, 0.25) is 0 Å². The van der Waals surface area contributed by atoms with Crippen LogP contribution in [0.15, 0.2) is 54.6 Å². The summed E-state index contributed by atoms with van der Waals surface area (Å²) in [7, 11) is 0. The molecule has 1 atom stereocenters. The fourth-order valence-corrected chi connectivity index (χ4v) is 5.38. The zero-order valence-electron chi connectivity index (χ0n) is 23.4. The molecule has 2 aromatic rings. The summed E-state index contributed by atoms with van der Waals surface area (Å²) in [4.78, 5) is 15.4. The molecule has 1 fully saturated rings. The average Bonchev–Trinajstić information content (AvgIpc) is 2.86. The molecule has 2 aromatic carbocycles. The topological polar surface area (TPSA) is 29.5 Å². The zero-order chi connectivity index (χ0) is 27.9. The molecule has 1 aliphatic rings. The summed E-state index contributed by atoms with van der Waals surface area (Å²) in [5.74, 6) is -1.30. The molecule has 0 spiro atoms. The van der Waals surface area contributed by atoms with Gasteiger partial charge in [-0.15, -0.1) is 0 Å². The Morgan fingerprint density at radius 1 is 1.05 bits per heavy atom. The van der Waals surface area contributed by atoms with Gasteiger partial charge in [-0.1, -0.05) is 76.2 Å². The van der Waals surface area contributed by atoms with Crippen molar-refractivity contribution in [1.29, 1.82) is 0 Å².